The van der Waals surface area contributed by atoms with E-state index in [0.29, 0.717) is 23.7 Å². The number of guanidine groups is 1. The SMILES string of the molecule is CC[C@@H]1CN(P(=O)(N=C2N(C)CCN2C)OC)C(n2cnc3c(N)ncnc32)CO1. The van der Waals surface area contributed by atoms with Gasteiger partial charge in [0.25, 0.3) is 0 Å². The molecule has 2 saturated heterocycles. The van der Waals surface area contributed by atoms with Crippen LogP contribution >= 0.6 is 7.67 Å². The number of hydrogen-bond acceptors (Lipinski definition) is 7. The summed E-state index contributed by atoms with van der Waals surface area (Å²) in [5, 5.41) is 0. The predicted molar refractivity (Wildman–Crippen MR) is 113 cm³/mol. The second-order valence-corrected chi connectivity index (χ2v) is 9.53. The topological polar surface area (TPSA) is 127 Å². The van der Waals surface area contributed by atoms with Gasteiger partial charge in [-0.2, -0.15) is 9.43 Å². The van der Waals surface area contributed by atoms with Gasteiger partial charge in [0, 0.05) is 40.8 Å². The van der Waals surface area contributed by atoms with E-state index < -0.39 is 13.8 Å². The number of nitrogen functional groups attached to an aromatic ring is 1. The van der Waals surface area contributed by atoms with Gasteiger partial charge in [-0.25, -0.2) is 19.5 Å². The summed E-state index contributed by atoms with van der Waals surface area (Å²) in [6.07, 6.45) is 3.22. The maximum atomic E-state index is 14.1. The quantitative estimate of drug-likeness (QED) is 0.677. The fourth-order valence-electron chi connectivity index (χ4n) is 3.78. The number of nitrogens with two attached hydrogens (primary N) is 1. The number of aromatic nitrogens is 4. The van der Waals surface area contributed by atoms with Crippen LogP contribution in [-0.4, -0.2) is 93.5 Å². The first-order valence-electron chi connectivity index (χ1n) is 9.88. The van der Waals surface area contributed by atoms with Gasteiger partial charge in [-0.3, -0.25) is 4.57 Å². The zero-order valence-electron chi connectivity index (χ0n) is 17.7. The minimum Gasteiger partial charge on any atom is -0.382 e. The van der Waals surface area contributed by atoms with Crippen LogP contribution in [0.2, 0.25) is 0 Å². The van der Waals surface area contributed by atoms with Crippen molar-refractivity contribution in [2.75, 3.05) is 53.2 Å². The van der Waals surface area contributed by atoms with Gasteiger partial charge in [0.05, 0.1) is 19.0 Å². The number of rotatable bonds is 5. The number of fused-ring (bicyclic) bond motifs is 1. The second kappa shape index (κ2) is 8.10. The Balaban J connectivity index is 1.79. The molecular formula is C17H28N9O3P. The molecule has 13 heteroatoms. The molecule has 2 unspecified atom stereocenters. The van der Waals surface area contributed by atoms with Crippen LogP contribution in [0.1, 0.15) is 19.5 Å². The number of nitrogens with zero attached hydrogens (tertiary/aromatic N) is 8. The van der Waals surface area contributed by atoms with Gasteiger partial charge in [-0.1, -0.05) is 6.92 Å². The highest BCUT2D eigenvalue weighted by Crippen LogP contribution is 2.56. The molecule has 4 rings (SSSR count). The van der Waals surface area contributed by atoms with E-state index in [2.05, 4.69) is 19.7 Å². The van der Waals surface area contributed by atoms with Crippen LogP contribution in [0.15, 0.2) is 17.4 Å². The van der Waals surface area contributed by atoms with Gasteiger partial charge in [0.15, 0.2) is 11.5 Å². The van der Waals surface area contributed by atoms with Gasteiger partial charge in [0.1, 0.15) is 18.0 Å². The van der Waals surface area contributed by atoms with Gasteiger partial charge >= 0.3 is 7.67 Å². The monoisotopic (exact) mass is 437 g/mol. The minimum atomic E-state index is -3.60. The summed E-state index contributed by atoms with van der Waals surface area (Å²) in [5.74, 6) is 0.929. The highest BCUT2D eigenvalue weighted by Gasteiger charge is 2.44. The van der Waals surface area contributed by atoms with E-state index in [4.69, 9.17) is 15.0 Å². The Kier molecular flexibility index (Phi) is 5.67. The molecule has 2 aromatic rings. The third-order valence-corrected chi connectivity index (χ3v) is 7.60. The molecule has 0 aliphatic carbocycles. The van der Waals surface area contributed by atoms with E-state index in [1.165, 1.54) is 13.4 Å². The average molecular weight is 437 g/mol. The van der Waals surface area contributed by atoms with Crippen molar-refractivity contribution in [2.24, 2.45) is 4.76 Å². The maximum Gasteiger partial charge on any atom is 0.394 e. The third kappa shape index (κ3) is 3.53. The van der Waals surface area contributed by atoms with Crippen molar-refractivity contribution in [1.29, 1.82) is 0 Å². The van der Waals surface area contributed by atoms with Crippen molar-refractivity contribution in [1.82, 2.24) is 34.0 Å². The standard InChI is InChI=1S/C17H28N9O3P/c1-5-12-8-26(30(27,28-4)22-17-23(2)6-7-24(17)3)13(9-29-12)25-11-21-14-15(18)19-10-20-16(14)25/h10-13H,5-9H2,1-4H3,(H2,18,19,20)/t12-,13?,30?/m1/s1. The normalized spacial score (nSPS) is 25.1. The van der Waals surface area contributed by atoms with Crippen molar-refractivity contribution in [2.45, 2.75) is 25.6 Å². The molecule has 0 aromatic carbocycles. The molecule has 3 atom stereocenters. The van der Waals surface area contributed by atoms with Crippen molar-refractivity contribution >= 4 is 30.6 Å². The molecule has 2 aromatic heterocycles. The van der Waals surface area contributed by atoms with Gasteiger partial charge < -0.3 is 24.8 Å². The molecular weight excluding hydrogens is 409 g/mol. The van der Waals surface area contributed by atoms with Gasteiger partial charge in [0.2, 0.25) is 5.96 Å². The summed E-state index contributed by atoms with van der Waals surface area (Å²) in [4.78, 5) is 16.6. The molecule has 4 heterocycles. The highest BCUT2D eigenvalue weighted by atomic mass is 31.2. The zero-order valence-corrected chi connectivity index (χ0v) is 18.6. The Morgan fingerprint density at radius 1 is 1.30 bits per heavy atom. The summed E-state index contributed by atoms with van der Waals surface area (Å²) in [6.45, 7) is 4.34. The molecule has 2 fully saturated rings. The molecule has 2 aliphatic heterocycles. The van der Waals surface area contributed by atoms with Crippen LogP contribution < -0.4 is 5.73 Å². The molecule has 0 bridgehead atoms. The Bertz CT molecular complexity index is 984. The Morgan fingerprint density at radius 2 is 2.03 bits per heavy atom. The van der Waals surface area contributed by atoms with Crippen LogP contribution in [0, 0.1) is 0 Å². The third-order valence-electron chi connectivity index (χ3n) is 5.61. The van der Waals surface area contributed by atoms with Crippen LogP contribution in [0.3, 0.4) is 0 Å². The summed E-state index contributed by atoms with van der Waals surface area (Å²) in [7, 11) is 1.68. The van der Waals surface area contributed by atoms with Crippen molar-refractivity contribution in [3.63, 3.8) is 0 Å². The minimum absolute atomic E-state index is 0.0848. The first kappa shape index (κ1) is 21.0. The van der Waals surface area contributed by atoms with Crippen molar-refractivity contribution in [3.05, 3.63) is 12.7 Å². The molecule has 164 valence electrons. The zero-order chi connectivity index (χ0) is 21.5. The molecule has 12 nitrogen and oxygen atoms in total. The maximum absolute atomic E-state index is 14.1. The number of morpholine rings is 1. The van der Waals surface area contributed by atoms with E-state index in [1.54, 1.807) is 15.6 Å². The summed E-state index contributed by atoms with van der Waals surface area (Å²) in [5.41, 5.74) is 6.98. The van der Waals surface area contributed by atoms with E-state index >= 15 is 0 Å². The summed E-state index contributed by atoms with van der Waals surface area (Å²) >= 11 is 0. The number of imidazole rings is 1. The smallest absolute Gasteiger partial charge is 0.382 e. The van der Waals surface area contributed by atoms with E-state index in [-0.39, 0.29) is 18.5 Å². The van der Waals surface area contributed by atoms with Crippen LogP contribution in [0.25, 0.3) is 11.2 Å². The van der Waals surface area contributed by atoms with E-state index in [1.807, 2.05) is 30.8 Å². The lowest BCUT2D eigenvalue weighted by Crippen LogP contribution is -2.45. The number of likely N-dealkylation sites (N-methyl/N-ethyl adjacent to an activating group) is 2. The molecule has 30 heavy (non-hydrogen) atoms. The lowest BCUT2D eigenvalue weighted by Gasteiger charge is -2.41. The van der Waals surface area contributed by atoms with E-state index in [9.17, 15) is 4.57 Å². The molecule has 0 amide bonds. The lowest BCUT2D eigenvalue weighted by atomic mass is 10.2. The van der Waals surface area contributed by atoms with Crippen molar-refractivity contribution in [3.8, 4) is 0 Å². The Labute approximate surface area is 175 Å². The van der Waals surface area contributed by atoms with Crippen molar-refractivity contribution < 1.29 is 13.8 Å². The summed E-state index contributed by atoms with van der Waals surface area (Å²) in [6, 6.07) is 0. The van der Waals surface area contributed by atoms with E-state index in [0.717, 1.165) is 19.5 Å². The largest absolute Gasteiger partial charge is 0.394 e. The predicted octanol–water partition coefficient (Wildman–Crippen LogP) is 1.01. The number of ether oxygens (including phenoxy) is 1. The molecule has 0 spiro atoms. The van der Waals surface area contributed by atoms with Crippen LogP contribution in [0.4, 0.5) is 5.82 Å². The first-order valence-corrected chi connectivity index (χ1v) is 11.4. The molecule has 2 N–H and O–H groups in total. The van der Waals surface area contributed by atoms with Crippen LogP contribution in [-0.2, 0) is 13.8 Å². The first-order chi connectivity index (χ1) is 14.4. The number of hydrogen-bond donors (Lipinski definition) is 1. The van der Waals surface area contributed by atoms with Gasteiger partial charge in [-0.15, -0.1) is 0 Å². The molecule has 0 saturated carbocycles. The summed E-state index contributed by atoms with van der Waals surface area (Å²) < 4.78 is 33.9. The van der Waals surface area contributed by atoms with Gasteiger partial charge in [-0.05, 0) is 6.42 Å². The Morgan fingerprint density at radius 3 is 2.70 bits per heavy atom. The molecule has 0 radical (unpaired) electrons. The lowest BCUT2D eigenvalue weighted by molar-refractivity contribution is -0.0589. The average Bonchev–Trinajstić information content (AvgIpc) is 3.32. The Hall–Kier alpha value is -2.27. The number of anilines is 1. The fraction of sp³-hybridized carbons (Fsp3) is 0.647. The molecule has 2 aliphatic rings. The fourth-order valence-corrected chi connectivity index (χ4v) is 5.62. The second-order valence-electron chi connectivity index (χ2n) is 7.47. The highest BCUT2D eigenvalue weighted by molar-refractivity contribution is 7.55. The van der Waals surface area contributed by atoms with Crippen LogP contribution in [0.5, 0.6) is 0 Å².